The quantitative estimate of drug-likeness (QED) is 0.359. The standard InChI is InChI=1S/C22H35Br/c1-2-3-4-5-6-7-8-9-10-19-11-13-20(14-12-19)21-15-17-22(23)18-16-21/h15-20H,2-14H2,1H3/t19-,20-. The Morgan fingerprint density at radius 1 is 0.783 bits per heavy atom. The maximum absolute atomic E-state index is 3.54. The molecule has 0 heterocycles. The zero-order valence-electron chi connectivity index (χ0n) is 15.0. The molecule has 0 aromatic heterocycles. The van der Waals surface area contributed by atoms with Crippen molar-refractivity contribution in [1.29, 1.82) is 0 Å². The van der Waals surface area contributed by atoms with Crippen molar-refractivity contribution < 1.29 is 0 Å². The topological polar surface area (TPSA) is 0 Å². The van der Waals surface area contributed by atoms with Crippen LogP contribution in [0.15, 0.2) is 28.7 Å². The molecule has 0 spiro atoms. The van der Waals surface area contributed by atoms with Crippen molar-refractivity contribution in [2.45, 2.75) is 96.3 Å². The second kappa shape index (κ2) is 11.3. The summed E-state index contributed by atoms with van der Waals surface area (Å²) >= 11 is 3.54. The molecule has 2 rings (SSSR count). The lowest BCUT2D eigenvalue weighted by Crippen LogP contribution is -2.13. The molecule has 0 bridgehead atoms. The van der Waals surface area contributed by atoms with Crippen molar-refractivity contribution in [3.8, 4) is 0 Å². The van der Waals surface area contributed by atoms with Crippen LogP contribution in [0.3, 0.4) is 0 Å². The lowest BCUT2D eigenvalue weighted by atomic mass is 9.77. The molecule has 1 aliphatic rings. The highest BCUT2D eigenvalue weighted by atomic mass is 79.9. The van der Waals surface area contributed by atoms with Crippen molar-refractivity contribution in [2.24, 2.45) is 5.92 Å². The summed E-state index contributed by atoms with van der Waals surface area (Å²) in [7, 11) is 0. The first-order chi connectivity index (χ1) is 11.3. The Labute approximate surface area is 152 Å². The third-order valence-electron chi connectivity index (χ3n) is 5.65. The van der Waals surface area contributed by atoms with Crippen LogP contribution in [0.4, 0.5) is 0 Å². The SMILES string of the molecule is CCCCCCCCCC[C@H]1CC[C@H](c2ccc(Br)cc2)CC1. The summed E-state index contributed by atoms with van der Waals surface area (Å²) in [6.07, 6.45) is 18.8. The van der Waals surface area contributed by atoms with Gasteiger partial charge in [0, 0.05) is 4.47 Å². The zero-order chi connectivity index (χ0) is 16.3. The molecule has 0 aliphatic heterocycles. The third kappa shape index (κ3) is 7.42. The van der Waals surface area contributed by atoms with Gasteiger partial charge in [-0.1, -0.05) is 92.8 Å². The molecule has 1 heteroatoms. The van der Waals surface area contributed by atoms with Gasteiger partial charge in [0.25, 0.3) is 0 Å². The van der Waals surface area contributed by atoms with Gasteiger partial charge >= 0.3 is 0 Å². The summed E-state index contributed by atoms with van der Waals surface area (Å²) in [5.74, 6) is 1.83. The third-order valence-corrected chi connectivity index (χ3v) is 6.18. The fraction of sp³-hybridized carbons (Fsp3) is 0.727. The molecule has 0 atom stereocenters. The Morgan fingerprint density at radius 2 is 1.35 bits per heavy atom. The Kier molecular flexibility index (Phi) is 9.34. The highest BCUT2D eigenvalue weighted by molar-refractivity contribution is 9.10. The normalized spacial score (nSPS) is 21.5. The number of unbranched alkanes of at least 4 members (excludes halogenated alkanes) is 7. The lowest BCUT2D eigenvalue weighted by molar-refractivity contribution is 0.301. The van der Waals surface area contributed by atoms with Gasteiger partial charge in [-0.3, -0.25) is 0 Å². The van der Waals surface area contributed by atoms with E-state index in [9.17, 15) is 0 Å². The Bertz CT molecular complexity index is 400. The Morgan fingerprint density at radius 3 is 1.96 bits per heavy atom. The average molecular weight is 379 g/mol. The Hall–Kier alpha value is -0.300. The summed E-state index contributed by atoms with van der Waals surface area (Å²) in [4.78, 5) is 0. The van der Waals surface area contributed by atoms with E-state index in [4.69, 9.17) is 0 Å². The van der Waals surface area contributed by atoms with Gasteiger partial charge in [-0.2, -0.15) is 0 Å². The maximum atomic E-state index is 3.54. The number of hydrogen-bond acceptors (Lipinski definition) is 0. The molecule has 0 radical (unpaired) electrons. The lowest BCUT2D eigenvalue weighted by Gasteiger charge is -2.29. The van der Waals surface area contributed by atoms with Gasteiger partial charge in [0.15, 0.2) is 0 Å². The van der Waals surface area contributed by atoms with E-state index in [-0.39, 0.29) is 0 Å². The van der Waals surface area contributed by atoms with Crippen molar-refractivity contribution in [3.05, 3.63) is 34.3 Å². The van der Waals surface area contributed by atoms with Crippen LogP contribution in [-0.2, 0) is 0 Å². The minimum absolute atomic E-state index is 0.818. The molecule has 0 saturated heterocycles. The smallest absolute Gasteiger partial charge is 0.0175 e. The number of halogens is 1. The fourth-order valence-electron chi connectivity index (χ4n) is 4.09. The summed E-state index contributed by atoms with van der Waals surface area (Å²) in [5, 5.41) is 0. The van der Waals surface area contributed by atoms with E-state index in [1.807, 2.05) is 0 Å². The average Bonchev–Trinajstić information content (AvgIpc) is 2.59. The van der Waals surface area contributed by atoms with Gasteiger partial charge < -0.3 is 0 Å². The van der Waals surface area contributed by atoms with Gasteiger partial charge in [0.2, 0.25) is 0 Å². The van der Waals surface area contributed by atoms with E-state index in [0.29, 0.717) is 0 Å². The monoisotopic (exact) mass is 378 g/mol. The molecule has 0 N–H and O–H groups in total. The van der Waals surface area contributed by atoms with Gasteiger partial charge in [0.1, 0.15) is 0 Å². The summed E-state index contributed by atoms with van der Waals surface area (Å²) < 4.78 is 1.20. The van der Waals surface area contributed by atoms with Crippen molar-refractivity contribution in [1.82, 2.24) is 0 Å². The van der Waals surface area contributed by atoms with Gasteiger partial charge in [0.05, 0.1) is 0 Å². The molecule has 1 aromatic carbocycles. The molecule has 1 aromatic rings. The molecule has 1 saturated carbocycles. The van der Waals surface area contributed by atoms with Crippen molar-refractivity contribution in [2.75, 3.05) is 0 Å². The first kappa shape index (κ1) is 19.0. The van der Waals surface area contributed by atoms with Crippen LogP contribution < -0.4 is 0 Å². The molecule has 0 nitrogen and oxygen atoms in total. The van der Waals surface area contributed by atoms with E-state index < -0.39 is 0 Å². The predicted octanol–water partition coefficient (Wildman–Crippen LogP) is 8.25. The first-order valence-corrected chi connectivity index (χ1v) is 10.8. The molecular formula is C22H35Br. The van der Waals surface area contributed by atoms with E-state index in [0.717, 1.165) is 11.8 Å². The summed E-state index contributed by atoms with van der Waals surface area (Å²) in [6, 6.07) is 9.02. The molecular weight excluding hydrogens is 344 g/mol. The largest absolute Gasteiger partial charge is 0.0654 e. The van der Waals surface area contributed by atoms with Gasteiger partial charge in [-0.15, -0.1) is 0 Å². The first-order valence-electron chi connectivity index (χ1n) is 10.0. The van der Waals surface area contributed by atoms with Gasteiger partial charge in [-0.25, -0.2) is 0 Å². The van der Waals surface area contributed by atoms with Gasteiger partial charge in [-0.05, 0) is 55.2 Å². The number of benzene rings is 1. The molecule has 130 valence electrons. The predicted molar refractivity (Wildman–Crippen MR) is 106 cm³/mol. The van der Waals surface area contributed by atoms with Crippen LogP contribution >= 0.6 is 15.9 Å². The highest BCUT2D eigenvalue weighted by Crippen LogP contribution is 2.38. The van der Waals surface area contributed by atoms with Crippen molar-refractivity contribution >= 4 is 15.9 Å². The van der Waals surface area contributed by atoms with E-state index >= 15 is 0 Å². The molecule has 0 amide bonds. The van der Waals surface area contributed by atoms with Crippen LogP contribution in [0.25, 0.3) is 0 Å². The molecule has 1 aliphatic carbocycles. The second-order valence-electron chi connectivity index (χ2n) is 7.53. The van der Waals surface area contributed by atoms with Crippen molar-refractivity contribution in [3.63, 3.8) is 0 Å². The molecule has 0 unspecified atom stereocenters. The molecule has 23 heavy (non-hydrogen) atoms. The van der Waals surface area contributed by atoms with E-state index in [2.05, 4.69) is 47.1 Å². The zero-order valence-corrected chi connectivity index (χ0v) is 16.6. The van der Waals surface area contributed by atoms with E-state index in [1.54, 1.807) is 5.56 Å². The fourth-order valence-corrected chi connectivity index (χ4v) is 4.35. The van der Waals surface area contributed by atoms with Crippen LogP contribution in [0.1, 0.15) is 102 Å². The molecule has 1 fully saturated rings. The Balaban J connectivity index is 1.52. The summed E-state index contributed by atoms with van der Waals surface area (Å²) in [5.41, 5.74) is 1.55. The summed E-state index contributed by atoms with van der Waals surface area (Å²) in [6.45, 7) is 2.30. The van der Waals surface area contributed by atoms with Crippen LogP contribution in [0, 0.1) is 5.92 Å². The highest BCUT2D eigenvalue weighted by Gasteiger charge is 2.21. The van der Waals surface area contributed by atoms with Crippen LogP contribution in [0.5, 0.6) is 0 Å². The van der Waals surface area contributed by atoms with Crippen LogP contribution in [-0.4, -0.2) is 0 Å². The minimum atomic E-state index is 0.818. The minimum Gasteiger partial charge on any atom is -0.0654 e. The second-order valence-corrected chi connectivity index (χ2v) is 8.45. The van der Waals surface area contributed by atoms with Crippen LogP contribution in [0.2, 0.25) is 0 Å². The van der Waals surface area contributed by atoms with E-state index in [1.165, 1.54) is 87.9 Å². The maximum Gasteiger partial charge on any atom is 0.0175 e. The number of hydrogen-bond donors (Lipinski definition) is 0. The number of rotatable bonds is 10.